The molecule has 3 aromatic rings. The third kappa shape index (κ3) is 4.44. The first-order valence-electron chi connectivity index (χ1n) is 8.18. The summed E-state index contributed by atoms with van der Waals surface area (Å²) < 4.78 is 5.21. The lowest BCUT2D eigenvalue weighted by atomic mass is 10.1. The topological polar surface area (TPSA) is 51.2 Å². The maximum atomic E-state index is 12.4. The molecule has 1 heterocycles. The van der Waals surface area contributed by atoms with Gasteiger partial charge >= 0.3 is 0 Å². The second kappa shape index (κ2) is 8.11. The molecule has 3 rings (SSSR count). The Balaban J connectivity index is 1.61. The Hall–Kier alpha value is -3.14. The Morgan fingerprint density at radius 2 is 1.84 bits per heavy atom. The normalized spacial score (nSPS) is 10.3. The molecule has 0 bridgehead atoms. The van der Waals surface area contributed by atoms with Crippen molar-refractivity contribution in [2.45, 2.75) is 6.42 Å². The summed E-state index contributed by atoms with van der Waals surface area (Å²) in [4.78, 5) is 16.6. The summed E-state index contributed by atoms with van der Waals surface area (Å²) in [5.74, 6) is 0.705. The molecular formula is C21H20N2O2. The molecular weight excluding hydrogens is 312 g/mol. The van der Waals surface area contributed by atoms with Gasteiger partial charge in [0.2, 0.25) is 0 Å². The number of pyridine rings is 1. The average molecular weight is 332 g/mol. The molecule has 2 aromatic carbocycles. The highest BCUT2D eigenvalue weighted by Crippen LogP contribution is 2.18. The number of carbonyl (C=O) groups is 1. The van der Waals surface area contributed by atoms with Gasteiger partial charge in [-0.15, -0.1) is 0 Å². The SMILES string of the molecule is COc1cccc(CCNC(=O)c2cncc(-c3ccccc3)c2)c1. The predicted octanol–water partition coefficient (Wildman–Crippen LogP) is 3.73. The van der Waals surface area contributed by atoms with Gasteiger partial charge in [-0.2, -0.15) is 0 Å². The van der Waals surface area contributed by atoms with E-state index in [1.165, 1.54) is 0 Å². The van der Waals surface area contributed by atoms with Crippen LogP contribution in [0.5, 0.6) is 5.75 Å². The van der Waals surface area contributed by atoms with Gasteiger partial charge in [-0.05, 0) is 35.7 Å². The van der Waals surface area contributed by atoms with Crippen molar-refractivity contribution >= 4 is 5.91 Å². The van der Waals surface area contributed by atoms with Crippen LogP contribution in [0.15, 0.2) is 73.1 Å². The molecule has 0 unspecified atom stereocenters. The van der Waals surface area contributed by atoms with Gasteiger partial charge in [0.05, 0.1) is 12.7 Å². The highest BCUT2D eigenvalue weighted by molar-refractivity contribution is 5.95. The number of ether oxygens (including phenoxy) is 1. The zero-order valence-electron chi connectivity index (χ0n) is 14.1. The van der Waals surface area contributed by atoms with Crippen LogP contribution in [0.4, 0.5) is 0 Å². The summed E-state index contributed by atoms with van der Waals surface area (Å²) in [6.45, 7) is 0.557. The largest absolute Gasteiger partial charge is 0.497 e. The van der Waals surface area contributed by atoms with E-state index in [0.29, 0.717) is 12.1 Å². The molecule has 1 aromatic heterocycles. The number of nitrogens with zero attached hydrogens (tertiary/aromatic N) is 1. The molecule has 0 aliphatic heterocycles. The predicted molar refractivity (Wildman–Crippen MR) is 98.7 cm³/mol. The van der Waals surface area contributed by atoms with E-state index in [4.69, 9.17) is 4.74 Å². The van der Waals surface area contributed by atoms with Crippen molar-refractivity contribution < 1.29 is 9.53 Å². The number of methoxy groups -OCH3 is 1. The van der Waals surface area contributed by atoms with Crippen LogP contribution < -0.4 is 10.1 Å². The van der Waals surface area contributed by atoms with Crippen LogP contribution in [0.2, 0.25) is 0 Å². The second-order valence-corrected chi connectivity index (χ2v) is 5.69. The zero-order chi connectivity index (χ0) is 17.5. The smallest absolute Gasteiger partial charge is 0.252 e. The molecule has 0 radical (unpaired) electrons. The number of carbonyl (C=O) groups excluding carboxylic acids is 1. The molecule has 1 N–H and O–H groups in total. The Morgan fingerprint density at radius 3 is 2.64 bits per heavy atom. The molecule has 0 aliphatic rings. The highest BCUT2D eigenvalue weighted by atomic mass is 16.5. The first-order valence-corrected chi connectivity index (χ1v) is 8.18. The van der Waals surface area contributed by atoms with Crippen LogP contribution in [0.3, 0.4) is 0 Å². The Kier molecular flexibility index (Phi) is 5.42. The van der Waals surface area contributed by atoms with Gasteiger partial charge in [0.1, 0.15) is 5.75 Å². The van der Waals surface area contributed by atoms with Crippen LogP contribution in [0, 0.1) is 0 Å². The molecule has 4 nitrogen and oxygen atoms in total. The van der Waals surface area contributed by atoms with E-state index >= 15 is 0 Å². The molecule has 0 saturated heterocycles. The van der Waals surface area contributed by atoms with E-state index in [-0.39, 0.29) is 5.91 Å². The molecule has 126 valence electrons. The Bertz CT molecular complexity index is 847. The molecule has 4 heteroatoms. The molecule has 1 amide bonds. The monoisotopic (exact) mass is 332 g/mol. The van der Waals surface area contributed by atoms with Crippen LogP contribution >= 0.6 is 0 Å². The minimum absolute atomic E-state index is 0.117. The minimum atomic E-state index is -0.117. The zero-order valence-corrected chi connectivity index (χ0v) is 14.1. The van der Waals surface area contributed by atoms with Crippen LogP contribution in [0.1, 0.15) is 15.9 Å². The summed E-state index contributed by atoms with van der Waals surface area (Å²) >= 11 is 0. The minimum Gasteiger partial charge on any atom is -0.497 e. The fourth-order valence-electron chi connectivity index (χ4n) is 2.60. The average Bonchev–Trinajstić information content (AvgIpc) is 2.69. The van der Waals surface area contributed by atoms with Crippen LogP contribution in [-0.4, -0.2) is 24.5 Å². The maximum Gasteiger partial charge on any atom is 0.252 e. The van der Waals surface area contributed by atoms with Crippen molar-refractivity contribution in [2.24, 2.45) is 0 Å². The van der Waals surface area contributed by atoms with E-state index in [0.717, 1.165) is 28.9 Å². The first kappa shape index (κ1) is 16.7. The number of hydrogen-bond acceptors (Lipinski definition) is 3. The summed E-state index contributed by atoms with van der Waals surface area (Å²) in [6, 6.07) is 19.6. The van der Waals surface area contributed by atoms with Gasteiger partial charge < -0.3 is 10.1 Å². The molecule has 0 spiro atoms. The summed E-state index contributed by atoms with van der Waals surface area (Å²) in [6.07, 6.45) is 4.10. The van der Waals surface area contributed by atoms with Crippen LogP contribution in [0.25, 0.3) is 11.1 Å². The van der Waals surface area contributed by atoms with Gasteiger partial charge in [0.15, 0.2) is 0 Å². The van der Waals surface area contributed by atoms with Crippen LogP contribution in [-0.2, 0) is 6.42 Å². The van der Waals surface area contributed by atoms with E-state index < -0.39 is 0 Å². The fourth-order valence-corrected chi connectivity index (χ4v) is 2.60. The first-order chi connectivity index (χ1) is 12.3. The summed E-state index contributed by atoms with van der Waals surface area (Å²) in [5.41, 5.74) is 3.66. The highest BCUT2D eigenvalue weighted by Gasteiger charge is 2.07. The van der Waals surface area contributed by atoms with Crippen molar-refractivity contribution in [1.29, 1.82) is 0 Å². The fraction of sp³-hybridized carbons (Fsp3) is 0.143. The van der Waals surface area contributed by atoms with Gasteiger partial charge in [-0.3, -0.25) is 9.78 Å². The Morgan fingerprint density at radius 1 is 1.00 bits per heavy atom. The van der Waals surface area contributed by atoms with Crippen molar-refractivity contribution in [3.05, 3.63) is 84.2 Å². The second-order valence-electron chi connectivity index (χ2n) is 5.69. The van der Waals surface area contributed by atoms with E-state index in [2.05, 4.69) is 10.3 Å². The lowest BCUT2D eigenvalue weighted by molar-refractivity contribution is 0.0954. The molecule has 0 atom stereocenters. The number of aromatic nitrogens is 1. The quantitative estimate of drug-likeness (QED) is 0.748. The van der Waals surface area contributed by atoms with Crippen molar-refractivity contribution in [2.75, 3.05) is 13.7 Å². The van der Waals surface area contributed by atoms with Gasteiger partial charge in [-0.1, -0.05) is 42.5 Å². The molecule has 0 aliphatic carbocycles. The number of benzene rings is 2. The third-order valence-corrected chi connectivity index (χ3v) is 3.94. The lowest BCUT2D eigenvalue weighted by Crippen LogP contribution is -2.25. The maximum absolute atomic E-state index is 12.4. The van der Waals surface area contributed by atoms with Crippen molar-refractivity contribution in [1.82, 2.24) is 10.3 Å². The molecule has 0 saturated carbocycles. The molecule has 0 fully saturated rings. The lowest BCUT2D eigenvalue weighted by Gasteiger charge is -2.08. The number of rotatable bonds is 6. The van der Waals surface area contributed by atoms with Gasteiger partial charge in [0, 0.05) is 24.5 Å². The number of hydrogen-bond donors (Lipinski definition) is 1. The standard InChI is InChI=1S/C21H20N2O2/c1-25-20-9-5-6-16(12-20)10-11-23-21(24)19-13-18(14-22-15-19)17-7-3-2-4-8-17/h2-9,12-15H,10-11H2,1H3,(H,23,24). The van der Waals surface area contributed by atoms with Gasteiger partial charge in [0.25, 0.3) is 5.91 Å². The van der Waals surface area contributed by atoms with Crippen molar-refractivity contribution in [3.8, 4) is 16.9 Å². The number of amides is 1. The van der Waals surface area contributed by atoms with Gasteiger partial charge in [-0.25, -0.2) is 0 Å². The number of nitrogens with one attached hydrogen (secondary N) is 1. The van der Waals surface area contributed by atoms with E-state index in [1.54, 1.807) is 19.5 Å². The summed E-state index contributed by atoms with van der Waals surface area (Å²) in [5, 5.41) is 2.94. The van der Waals surface area contributed by atoms with E-state index in [1.807, 2.05) is 60.7 Å². The third-order valence-electron chi connectivity index (χ3n) is 3.94. The summed E-state index contributed by atoms with van der Waals surface area (Å²) in [7, 11) is 1.65. The van der Waals surface area contributed by atoms with E-state index in [9.17, 15) is 4.79 Å². The Labute approximate surface area is 147 Å². The van der Waals surface area contributed by atoms with Crippen molar-refractivity contribution in [3.63, 3.8) is 0 Å². The molecule has 25 heavy (non-hydrogen) atoms.